The Hall–Kier alpha value is -2.31. The van der Waals surface area contributed by atoms with Gasteiger partial charge >= 0.3 is 11.9 Å². The predicted octanol–water partition coefficient (Wildman–Crippen LogP) is 2.43. The van der Waals surface area contributed by atoms with Gasteiger partial charge in [0.1, 0.15) is 17.6 Å². The Morgan fingerprint density at radius 3 is 2.61 bits per heavy atom. The molecule has 0 saturated heterocycles. The molecule has 1 aromatic carbocycles. The van der Waals surface area contributed by atoms with Crippen molar-refractivity contribution >= 4 is 23.5 Å². The van der Waals surface area contributed by atoms with Gasteiger partial charge in [-0.2, -0.15) is 0 Å². The third-order valence-corrected chi connectivity index (χ3v) is 3.57. The van der Waals surface area contributed by atoms with Crippen molar-refractivity contribution in [3.8, 4) is 11.3 Å². The Morgan fingerprint density at radius 1 is 1.22 bits per heavy atom. The number of ether oxygens (including phenoxy) is 2. The second-order valence-electron chi connectivity index (χ2n) is 4.79. The third-order valence-electron chi connectivity index (χ3n) is 3.24. The number of furan rings is 1. The summed E-state index contributed by atoms with van der Waals surface area (Å²) in [6.07, 6.45) is 0.212. The zero-order valence-corrected chi connectivity index (χ0v) is 13.4. The number of carbonyl (C=O) groups excluding carboxylic acids is 2. The summed E-state index contributed by atoms with van der Waals surface area (Å²) < 4.78 is 14.9. The van der Waals surface area contributed by atoms with Crippen LogP contribution in [0.15, 0.2) is 34.7 Å². The average molecular weight is 338 g/mol. The summed E-state index contributed by atoms with van der Waals surface area (Å²) in [6.45, 7) is 0. The summed E-state index contributed by atoms with van der Waals surface area (Å²) in [4.78, 5) is 23.0. The van der Waals surface area contributed by atoms with Gasteiger partial charge in [0.15, 0.2) is 0 Å². The Kier molecular flexibility index (Phi) is 5.41. The Balaban J connectivity index is 2.24. The van der Waals surface area contributed by atoms with Gasteiger partial charge in [0.25, 0.3) is 0 Å². The van der Waals surface area contributed by atoms with Gasteiger partial charge < -0.3 is 19.6 Å². The number of benzene rings is 1. The number of rotatable bonds is 5. The number of methoxy groups -OCH3 is 2. The summed E-state index contributed by atoms with van der Waals surface area (Å²) >= 11 is 5.98. The number of hydrogen-bond donors (Lipinski definition) is 1. The van der Waals surface area contributed by atoms with Gasteiger partial charge in [-0.15, -0.1) is 0 Å². The molecule has 0 aliphatic rings. The molecule has 0 fully saturated rings. The molecule has 1 atom stereocenters. The third kappa shape index (κ3) is 3.91. The van der Waals surface area contributed by atoms with E-state index in [0.29, 0.717) is 22.1 Å². The molecular weight excluding hydrogens is 322 g/mol. The fraction of sp³-hybridized carbons (Fsp3) is 0.250. The molecule has 1 aromatic heterocycles. The van der Waals surface area contributed by atoms with Gasteiger partial charge in [0.05, 0.1) is 24.8 Å². The number of halogens is 1. The maximum atomic E-state index is 11.7. The molecule has 1 unspecified atom stereocenters. The molecule has 2 N–H and O–H groups in total. The van der Waals surface area contributed by atoms with Crippen molar-refractivity contribution < 1.29 is 23.5 Å². The highest BCUT2D eigenvalue weighted by Crippen LogP contribution is 2.27. The van der Waals surface area contributed by atoms with Crippen LogP contribution in [0.1, 0.15) is 16.1 Å². The fourth-order valence-electron chi connectivity index (χ4n) is 2.04. The van der Waals surface area contributed by atoms with Crippen molar-refractivity contribution in [3.63, 3.8) is 0 Å². The summed E-state index contributed by atoms with van der Waals surface area (Å²) in [5.41, 5.74) is 6.60. The van der Waals surface area contributed by atoms with Crippen LogP contribution in [0.2, 0.25) is 5.02 Å². The van der Waals surface area contributed by atoms with E-state index in [2.05, 4.69) is 9.47 Å². The number of nitrogens with two attached hydrogens (primary N) is 1. The maximum absolute atomic E-state index is 11.7. The lowest BCUT2D eigenvalue weighted by molar-refractivity contribution is -0.142. The lowest BCUT2D eigenvalue weighted by Gasteiger charge is -2.07. The topological polar surface area (TPSA) is 91.8 Å². The normalized spacial score (nSPS) is 11.8. The SMILES string of the molecule is COC(=O)c1cc(-c2ccc(CC(N)C(=O)OC)o2)ccc1Cl. The molecule has 2 rings (SSSR count). The zero-order valence-electron chi connectivity index (χ0n) is 12.7. The minimum Gasteiger partial charge on any atom is -0.468 e. The van der Waals surface area contributed by atoms with E-state index in [1.807, 2.05) is 0 Å². The summed E-state index contributed by atoms with van der Waals surface area (Å²) in [5.74, 6) is 0.0186. The molecule has 0 radical (unpaired) electrons. The van der Waals surface area contributed by atoms with Gasteiger partial charge in [0.2, 0.25) is 0 Å². The monoisotopic (exact) mass is 337 g/mol. The molecule has 0 aliphatic carbocycles. The van der Waals surface area contributed by atoms with E-state index >= 15 is 0 Å². The van der Waals surface area contributed by atoms with Crippen LogP contribution in [-0.2, 0) is 20.7 Å². The van der Waals surface area contributed by atoms with E-state index in [-0.39, 0.29) is 12.0 Å². The molecule has 2 aromatic rings. The minimum atomic E-state index is -0.796. The Morgan fingerprint density at radius 2 is 1.96 bits per heavy atom. The van der Waals surface area contributed by atoms with E-state index in [4.69, 9.17) is 21.8 Å². The minimum absolute atomic E-state index is 0.212. The van der Waals surface area contributed by atoms with Gasteiger partial charge in [-0.3, -0.25) is 4.79 Å². The van der Waals surface area contributed by atoms with Crippen molar-refractivity contribution in [2.45, 2.75) is 12.5 Å². The highest BCUT2D eigenvalue weighted by molar-refractivity contribution is 6.33. The van der Waals surface area contributed by atoms with Crippen LogP contribution in [0.3, 0.4) is 0 Å². The number of hydrogen-bond acceptors (Lipinski definition) is 6. The van der Waals surface area contributed by atoms with Crippen molar-refractivity contribution in [2.24, 2.45) is 5.73 Å². The molecule has 1 heterocycles. The van der Waals surface area contributed by atoms with E-state index in [1.165, 1.54) is 14.2 Å². The average Bonchev–Trinajstić information content (AvgIpc) is 3.02. The van der Waals surface area contributed by atoms with Crippen LogP contribution in [0.5, 0.6) is 0 Å². The Bertz CT molecular complexity index is 725. The van der Waals surface area contributed by atoms with Crippen LogP contribution in [-0.4, -0.2) is 32.2 Å². The molecule has 0 saturated carbocycles. The lowest BCUT2D eigenvalue weighted by atomic mass is 10.1. The van der Waals surface area contributed by atoms with E-state index in [0.717, 1.165) is 0 Å². The summed E-state index contributed by atoms with van der Waals surface area (Å²) in [5, 5.41) is 0.292. The quantitative estimate of drug-likeness (QED) is 0.842. The van der Waals surface area contributed by atoms with Crippen LogP contribution in [0.25, 0.3) is 11.3 Å². The standard InChI is InChI=1S/C16H16ClNO5/c1-21-15(19)11-7-9(3-5-12(11)17)14-6-4-10(23-14)8-13(18)16(20)22-2/h3-7,13H,8,18H2,1-2H3. The van der Waals surface area contributed by atoms with Crippen LogP contribution >= 0.6 is 11.6 Å². The first-order valence-electron chi connectivity index (χ1n) is 6.76. The molecule has 7 heteroatoms. The first-order chi connectivity index (χ1) is 11.0. The van der Waals surface area contributed by atoms with Gasteiger partial charge in [-0.05, 0) is 30.3 Å². The van der Waals surface area contributed by atoms with Gasteiger partial charge in [-0.1, -0.05) is 11.6 Å². The van der Waals surface area contributed by atoms with Crippen LogP contribution < -0.4 is 5.73 Å². The molecule has 122 valence electrons. The Labute approximate surface area is 138 Å². The number of esters is 2. The zero-order chi connectivity index (χ0) is 17.0. The molecule has 0 aliphatic heterocycles. The van der Waals surface area contributed by atoms with E-state index < -0.39 is 18.0 Å². The first kappa shape index (κ1) is 17.1. The van der Waals surface area contributed by atoms with Crippen molar-refractivity contribution in [1.29, 1.82) is 0 Å². The molecule has 0 amide bonds. The largest absolute Gasteiger partial charge is 0.468 e. The van der Waals surface area contributed by atoms with Crippen LogP contribution in [0.4, 0.5) is 0 Å². The highest BCUT2D eigenvalue weighted by Gasteiger charge is 2.18. The second-order valence-corrected chi connectivity index (χ2v) is 5.19. The van der Waals surface area contributed by atoms with E-state index in [9.17, 15) is 9.59 Å². The van der Waals surface area contributed by atoms with E-state index in [1.54, 1.807) is 30.3 Å². The molecular formula is C16H16ClNO5. The molecule has 6 nitrogen and oxygen atoms in total. The van der Waals surface area contributed by atoms with Crippen molar-refractivity contribution in [3.05, 3.63) is 46.7 Å². The fourth-order valence-corrected chi connectivity index (χ4v) is 2.23. The molecule has 0 spiro atoms. The number of carbonyl (C=O) groups is 2. The van der Waals surface area contributed by atoms with Crippen molar-refractivity contribution in [1.82, 2.24) is 0 Å². The van der Waals surface area contributed by atoms with Crippen molar-refractivity contribution in [2.75, 3.05) is 14.2 Å². The lowest BCUT2D eigenvalue weighted by Crippen LogP contribution is -2.33. The smallest absolute Gasteiger partial charge is 0.339 e. The summed E-state index contributed by atoms with van der Waals surface area (Å²) in [6, 6.07) is 7.53. The van der Waals surface area contributed by atoms with Gasteiger partial charge in [-0.25, -0.2) is 4.79 Å². The molecule has 0 bridgehead atoms. The highest BCUT2D eigenvalue weighted by atomic mass is 35.5. The maximum Gasteiger partial charge on any atom is 0.339 e. The van der Waals surface area contributed by atoms with Gasteiger partial charge in [0, 0.05) is 12.0 Å². The van der Waals surface area contributed by atoms with Crippen LogP contribution in [0, 0.1) is 0 Å². The second kappa shape index (κ2) is 7.30. The first-order valence-corrected chi connectivity index (χ1v) is 7.14. The predicted molar refractivity (Wildman–Crippen MR) is 84.2 cm³/mol. The summed E-state index contributed by atoms with van der Waals surface area (Å²) in [7, 11) is 2.56. The molecule has 23 heavy (non-hydrogen) atoms.